The number of rotatable bonds is 6. The molecule has 0 radical (unpaired) electrons. The Kier molecular flexibility index (Phi) is 5.40. The molecule has 2 rings (SSSR count). The van der Waals surface area contributed by atoms with Gasteiger partial charge in [-0.1, -0.05) is 61.4 Å². The Morgan fingerprint density at radius 1 is 1.00 bits per heavy atom. The highest BCUT2D eigenvalue weighted by Crippen LogP contribution is 2.20. The molecule has 0 aliphatic rings. The second-order valence-electron chi connectivity index (χ2n) is 5.93. The van der Waals surface area contributed by atoms with Gasteiger partial charge in [0.15, 0.2) is 0 Å². The van der Waals surface area contributed by atoms with E-state index in [2.05, 4.69) is 63.3 Å². The Labute approximate surface area is 128 Å². The number of hydrogen-bond donors (Lipinski definition) is 1. The topological polar surface area (TPSA) is 21.3 Å². The Hall–Kier alpha value is -1.80. The van der Waals surface area contributed by atoms with Crippen LogP contribution in [0.25, 0.3) is 0 Å². The molecule has 0 aliphatic carbocycles. The Bertz CT molecular complexity index is 570. The average Bonchev–Trinajstić information content (AvgIpc) is 2.42. The molecule has 0 spiro atoms. The first-order valence-electron chi connectivity index (χ1n) is 7.56. The molecule has 0 saturated carbocycles. The fourth-order valence-corrected chi connectivity index (χ4v) is 2.42. The minimum absolute atomic E-state index is 0.470. The smallest absolute Gasteiger partial charge is 0.124 e. The molecule has 2 aromatic carbocycles. The van der Waals surface area contributed by atoms with Crippen molar-refractivity contribution in [1.82, 2.24) is 5.32 Å². The highest BCUT2D eigenvalue weighted by atomic mass is 16.5. The molecular weight excluding hydrogens is 258 g/mol. The summed E-state index contributed by atoms with van der Waals surface area (Å²) in [6.07, 6.45) is 0. The van der Waals surface area contributed by atoms with E-state index in [-0.39, 0.29) is 0 Å². The molecule has 0 fully saturated rings. The van der Waals surface area contributed by atoms with Crippen LogP contribution in [0.1, 0.15) is 36.1 Å². The molecule has 0 heterocycles. The monoisotopic (exact) mass is 283 g/mol. The molecule has 0 aromatic heterocycles. The van der Waals surface area contributed by atoms with E-state index in [9.17, 15) is 0 Å². The van der Waals surface area contributed by atoms with Gasteiger partial charge in [0.1, 0.15) is 12.4 Å². The summed E-state index contributed by atoms with van der Waals surface area (Å²) in [4.78, 5) is 0. The van der Waals surface area contributed by atoms with Crippen LogP contribution in [0.4, 0.5) is 0 Å². The molecule has 0 unspecified atom stereocenters. The average molecular weight is 283 g/mol. The van der Waals surface area contributed by atoms with Crippen molar-refractivity contribution >= 4 is 0 Å². The van der Waals surface area contributed by atoms with E-state index in [0.29, 0.717) is 12.6 Å². The van der Waals surface area contributed by atoms with Gasteiger partial charge in [0.25, 0.3) is 0 Å². The zero-order chi connectivity index (χ0) is 15.2. The summed E-state index contributed by atoms with van der Waals surface area (Å²) in [6.45, 7) is 9.99. The number of hydrogen-bond acceptors (Lipinski definition) is 2. The van der Waals surface area contributed by atoms with E-state index < -0.39 is 0 Å². The van der Waals surface area contributed by atoms with Gasteiger partial charge >= 0.3 is 0 Å². The van der Waals surface area contributed by atoms with Crippen LogP contribution in [-0.2, 0) is 13.2 Å². The highest BCUT2D eigenvalue weighted by Gasteiger charge is 2.04. The molecule has 0 amide bonds. The number of nitrogens with one attached hydrogen (secondary N) is 1. The van der Waals surface area contributed by atoms with Crippen LogP contribution in [0.2, 0.25) is 0 Å². The maximum atomic E-state index is 6.03. The van der Waals surface area contributed by atoms with Crippen LogP contribution in [0, 0.1) is 13.8 Å². The summed E-state index contributed by atoms with van der Waals surface area (Å²) in [5.41, 5.74) is 4.99. The highest BCUT2D eigenvalue weighted by molar-refractivity contribution is 5.34. The number of benzene rings is 2. The predicted octanol–water partition coefficient (Wildman–Crippen LogP) is 4.38. The summed E-state index contributed by atoms with van der Waals surface area (Å²) >= 11 is 0. The fourth-order valence-electron chi connectivity index (χ4n) is 2.42. The standard InChI is InChI=1S/C19H25NO/c1-14(2)20-12-18-7-5-6-8-19(18)21-13-17-10-15(3)9-16(4)11-17/h5-11,14,20H,12-13H2,1-4H3. The summed E-state index contributed by atoms with van der Waals surface area (Å²) in [5.74, 6) is 0.963. The maximum absolute atomic E-state index is 6.03. The SMILES string of the molecule is Cc1cc(C)cc(COc2ccccc2CNC(C)C)c1. The summed E-state index contributed by atoms with van der Waals surface area (Å²) in [7, 11) is 0. The molecule has 2 nitrogen and oxygen atoms in total. The molecule has 112 valence electrons. The second-order valence-corrected chi connectivity index (χ2v) is 5.93. The fraction of sp³-hybridized carbons (Fsp3) is 0.368. The van der Waals surface area contributed by atoms with Crippen LogP contribution in [0.5, 0.6) is 5.75 Å². The van der Waals surface area contributed by atoms with Crippen LogP contribution in [-0.4, -0.2) is 6.04 Å². The van der Waals surface area contributed by atoms with Gasteiger partial charge in [-0.15, -0.1) is 0 Å². The van der Waals surface area contributed by atoms with Crippen LogP contribution in [0.15, 0.2) is 42.5 Å². The van der Waals surface area contributed by atoms with Gasteiger partial charge in [-0.2, -0.15) is 0 Å². The van der Waals surface area contributed by atoms with Crippen molar-refractivity contribution in [3.8, 4) is 5.75 Å². The van der Waals surface area contributed by atoms with E-state index in [4.69, 9.17) is 4.74 Å². The molecule has 0 atom stereocenters. The zero-order valence-electron chi connectivity index (χ0n) is 13.4. The summed E-state index contributed by atoms with van der Waals surface area (Å²) in [5, 5.41) is 3.44. The van der Waals surface area contributed by atoms with E-state index in [1.165, 1.54) is 22.3 Å². The number of aryl methyl sites for hydroxylation is 2. The van der Waals surface area contributed by atoms with Crippen molar-refractivity contribution in [2.24, 2.45) is 0 Å². The van der Waals surface area contributed by atoms with Crippen LogP contribution < -0.4 is 10.1 Å². The van der Waals surface area contributed by atoms with Gasteiger partial charge in [0.2, 0.25) is 0 Å². The maximum Gasteiger partial charge on any atom is 0.124 e. The number of para-hydroxylation sites is 1. The lowest BCUT2D eigenvalue weighted by atomic mass is 10.1. The molecule has 0 aliphatic heterocycles. The van der Waals surface area contributed by atoms with Gasteiger partial charge in [-0.25, -0.2) is 0 Å². The first kappa shape index (κ1) is 15.6. The van der Waals surface area contributed by atoms with Gasteiger partial charge in [0, 0.05) is 18.2 Å². The third kappa shape index (κ3) is 4.91. The third-order valence-corrected chi connectivity index (χ3v) is 3.35. The Morgan fingerprint density at radius 3 is 2.33 bits per heavy atom. The van der Waals surface area contributed by atoms with Gasteiger partial charge in [-0.05, 0) is 25.5 Å². The Morgan fingerprint density at radius 2 is 1.67 bits per heavy atom. The Balaban J connectivity index is 2.05. The van der Waals surface area contributed by atoms with Crippen LogP contribution in [0.3, 0.4) is 0 Å². The minimum atomic E-state index is 0.470. The van der Waals surface area contributed by atoms with E-state index >= 15 is 0 Å². The molecule has 2 aromatic rings. The second kappa shape index (κ2) is 7.28. The van der Waals surface area contributed by atoms with Crippen molar-refractivity contribution in [2.45, 2.75) is 46.9 Å². The minimum Gasteiger partial charge on any atom is -0.489 e. The van der Waals surface area contributed by atoms with Crippen molar-refractivity contribution < 1.29 is 4.74 Å². The lowest BCUT2D eigenvalue weighted by Gasteiger charge is -2.14. The first-order valence-corrected chi connectivity index (χ1v) is 7.56. The van der Waals surface area contributed by atoms with Gasteiger partial charge in [0.05, 0.1) is 0 Å². The normalized spacial score (nSPS) is 10.9. The van der Waals surface area contributed by atoms with Crippen molar-refractivity contribution in [3.63, 3.8) is 0 Å². The van der Waals surface area contributed by atoms with E-state index in [0.717, 1.165) is 12.3 Å². The summed E-state index contributed by atoms with van der Waals surface area (Å²) < 4.78 is 6.03. The van der Waals surface area contributed by atoms with Gasteiger partial charge < -0.3 is 10.1 Å². The molecule has 1 N–H and O–H groups in total. The number of ether oxygens (including phenoxy) is 1. The first-order chi connectivity index (χ1) is 10.0. The van der Waals surface area contributed by atoms with E-state index in [1.807, 2.05) is 12.1 Å². The molecule has 2 heteroatoms. The molecular formula is C19H25NO. The quantitative estimate of drug-likeness (QED) is 0.849. The lowest BCUT2D eigenvalue weighted by Crippen LogP contribution is -2.22. The van der Waals surface area contributed by atoms with Crippen molar-refractivity contribution in [2.75, 3.05) is 0 Å². The largest absolute Gasteiger partial charge is 0.489 e. The zero-order valence-corrected chi connectivity index (χ0v) is 13.4. The van der Waals surface area contributed by atoms with Gasteiger partial charge in [-0.3, -0.25) is 0 Å². The molecule has 21 heavy (non-hydrogen) atoms. The van der Waals surface area contributed by atoms with Crippen LogP contribution >= 0.6 is 0 Å². The lowest BCUT2D eigenvalue weighted by molar-refractivity contribution is 0.301. The van der Waals surface area contributed by atoms with E-state index in [1.54, 1.807) is 0 Å². The predicted molar refractivity (Wildman–Crippen MR) is 88.7 cm³/mol. The van der Waals surface area contributed by atoms with Crippen molar-refractivity contribution in [1.29, 1.82) is 0 Å². The molecule has 0 saturated heterocycles. The third-order valence-electron chi connectivity index (χ3n) is 3.35. The molecule has 0 bridgehead atoms. The summed E-state index contributed by atoms with van der Waals surface area (Å²) in [6, 6.07) is 15.3. The van der Waals surface area contributed by atoms with Crippen molar-refractivity contribution in [3.05, 3.63) is 64.7 Å².